The van der Waals surface area contributed by atoms with Crippen molar-refractivity contribution in [2.45, 2.75) is 13.5 Å². The van der Waals surface area contributed by atoms with Crippen LogP contribution in [0.25, 0.3) is 10.6 Å². The first-order chi connectivity index (χ1) is 11.0. The first-order valence-electron chi connectivity index (χ1n) is 7.04. The normalized spacial score (nSPS) is 10.7. The average molecular weight is 407 g/mol. The molecule has 0 bridgehead atoms. The van der Waals surface area contributed by atoms with Gasteiger partial charge in [0, 0.05) is 29.0 Å². The van der Waals surface area contributed by atoms with E-state index in [1.165, 1.54) is 11.3 Å². The summed E-state index contributed by atoms with van der Waals surface area (Å²) in [6.45, 7) is 2.48. The van der Waals surface area contributed by atoms with Gasteiger partial charge >= 0.3 is 0 Å². The summed E-state index contributed by atoms with van der Waals surface area (Å²) in [6, 6.07) is 10.0. The summed E-state index contributed by atoms with van der Waals surface area (Å²) >= 11 is 6.52. The number of halogens is 1. The van der Waals surface area contributed by atoms with Gasteiger partial charge in [-0.05, 0) is 36.1 Å². The Kier molecular flexibility index (Phi) is 4.94. The third-order valence-electron chi connectivity index (χ3n) is 3.44. The van der Waals surface area contributed by atoms with Gasteiger partial charge in [0.15, 0.2) is 0 Å². The summed E-state index contributed by atoms with van der Waals surface area (Å²) < 4.78 is 1.04. The molecular formula is C17H15BrN2OS2. The van der Waals surface area contributed by atoms with Crippen molar-refractivity contribution in [3.63, 3.8) is 0 Å². The van der Waals surface area contributed by atoms with Gasteiger partial charge in [-0.2, -0.15) is 11.3 Å². The van der Waals surface area contributed by atoms with Crippen LogP contribution in [-0.2, 0) is 6.54 Å². The number of benzene rings is 1. The molecule has 0 aliphatic carbocycles. The molecule has 0 aliphatic rings. The lowest BCUT2D eigenvalue weighted by Crippen LogP contribution is -2.26. The predicted octanol–water partition coefficient (Wildman–Crippen LogP) is 5.21. The number of aromatic nitrogens is 1. The maximum absolute atomic E-state index is 12.7. The molecule has 0 fully saturated rings. The topological polar surface area (TPSA) is 33.2 Å². The third kappa shape index (κ3) is 3.71. The summed E-state index contributed by atoms with van der Waals surface area (Å²) in [5.74, 6) is 0.0180. The highest BCUT2D eigenvalue weighted by atomic mass is 79.9. The van der Waals surface area contributed by atoms with E-state index in [1.807, 2.05) is 49.7 Å². The van der Waals surface area contributed by atoms with E-state index in [0.717, 1.165) is 26.3 Å². The molecule has 0 atom stereocenters. The molecule has 6 heteroatoms. The molecule has 0 spiro atoms. The lowest BCUT2D eigenvalue weighted by Gasteiger charge is -2.16. The predicted molar refractivity (Wildman–Crippen MR) is 100 cm³/mol. The zero-order chi connectivity index (χ0) is 16.4. The van der Waals surface area contributed by atoms with Crippen LogP contribution in [0.4, 0.5) is 0 Å². The molecule has 0 saturated heterocycles. The van der Waals surface area contributed by atoms with Crippen molar-refractivity contribution in [2.75, 3.05) is 7.05 Å². The quantitative estimate of drug-likeness (QED) is 0.595. The number of thiazole rings is 1. The van der Waals surface area contributed by atoms with Crippen LogP contribution >= 0.6 is 38.6 Å². The van der Waals surface area contributed by atoms with Crippen molar-refractivity contribution in [3.05, 3.63) is 61.7 Å². The fourth-order valence-corrected chi connectivity index (χ4v) is 4.25. The average Bonchev–Trinajstić information content (AvgIpc) is 3.18. The second-order valence-electron chi connectivity index (χ2n) is 5.23. The van der Waals surface area contributed by atoms with Crippen LogP contribution in [0.5, 0.6) is 0 Å². The molecule has 0 N–H and O–H groups in total. The van der Waals surface area contributed by atoms with Crippen LogP contribution < -0.4 is 0 Å². The highest BCUT2D eigenvalue weighted by molar-refractivity contribution is 9.10. The lowest BCUT2D eigenvalue weighted by molar-refractivity contribution is 0.0789. The molecule has 2 heterocycles. The highest BCUT2D eigenvalue weighted by Gasteiger charge is 2.19. The summed E-state index contributed by atoms with van der Waals surface area (Å²) in [5, 5.41) is 4.98. The minimum atomic E-state index is 0.0180. The van der Waals surface area contributed by atoms with Gasteiger partial charge in [-0.15, -0.1) is 11.3 Å². The standard InChI is InChI=1S/C17H15BrN2OS2/c1-11-15(23-16(19-11)13-7-8-22-10-13)17(21)20(2)9-12-3-5-14(18)6-4-12/h3-8,10H,9H2,1-2H3. The largest absolute Gasteiger partial charge is 0.337 e. The Hall–Kier alpha value is -1.50. The number of hydrogen-bond acceptors (Lipinski definition) is 4. The van der Waals surface area contributed by atoms with E-state index in [2.05, 4.69) is 26.3 Å². The van der Waals surface area contributed by atoms with E-state index in [4.69, 9.17) is 0 Å². The molecule has 3 aromatic rings. The van der Waals surface area contributed by atoms with Crippen LogP contribution in [0.1, 0.15) is 20.9 Å². The van der Waals surface area contributed by atoms with Crippen LogP contribution in [0.3, 0.4) is 0 Å². The lowest BCUT2D eigenvalue weighted by atomic mass is 10.2. The zero-order valence-electron chi connectivity index (χ0n) is 12.7. The molecule has 0 aliphatic heterocycles. The van der Waals surface area contributed by atoms with Crippen molar-refractivity contribution < 1.29 is 4.79 Å². The molecular weight excluding hydrogens is 392 g/mol. The number of carbonyl (C=O) groups excluding carboxylic acids is 1. The number of amides is 1. The van der Waals surface area contributed by atoms with Crippen LogP contribution in [0.15, 0.2) is 45.6 Å². The molecule has 0 radical (unpaired) electrons. The molecule has 118 valence electrons. The Morgan fingerprint density at radius 2 is 2.00 bits per heavy atom. The monoisotopic (exact) mass is 406 g/mol. The first-order valence-corrected chi connectivity index (χ1v) is 9.59. The maximum Gasteiger partial charge on any atom is 0.265 e. The number of nitrogens with zero attached hydrogens (tertiary/aromatic N) is 2. The number of rotatable bonds is 4. The van der Waals surface area contributed by atoms with Crippen LogP contribution in [0, 0.1) is 6.92 Å². The second-order valence-corrected chi connectivity index (χ2v) is 7.93. The Bertz CT molecular complexity index is 810. The number of hydrogen-bond donors (Lipinski definition) is 0. The Morgan fingerprint density at radius 1 is 1.26 bits per heavy atom. The molecule has 3 nitrogen and oxygen atoms in total. The number of carbonyl (C=O) groups is 1. The second kappa shape index (κ2) is 6.95. The smallest absolute Gasteiger partial charge is 0.265 e. The van der Waals surface area contributed by atoms with Crippen molar-refractivity contribution in [1.82, 2.24) is 9.88 Å². The van der Waals surface area contributed by atoms with Gasteiger partial charge in [0.25, 0.3) is 5.91 Å². The summed E-state index contributed by atoms with van der Waals surface area (Å²) in [7, 11) is 1.83. The van der Waals surface area contributed by atoms with Gasteiger partial charge in [-0.1, -0.05) is 28.1 Å². The van der Waals surface area contributed by atoms with Gasteiger partial charge in [-0.25, -0.2) is 4.98 Å². The summed E-state index contributed by atoms with van der Waals surface area (Å²) in [4.78, 5) is 19.7. The molecule has 0 unspecified atom stereocenters. The molecule has 1 aromatic carbocycles. The summed E-state index contributed by atoms with van der Waals surface area (Å²) in [6.07, 6.45) is 0. The number of aryl methyl sites for hydroxylation is 1. The van der Waals surface area contributed by atoms with Gasteiger partial charge in [0.1, 0.15) is 9.88 Å². The van der Waals surface area contributed by atoms with Gasteiger partial charge in [0.2, 0.25) is 0 Å². The SMILES string of the molecule is Cc1nc(-c2ccsc2)sc1C(=O)N(C)Cc1ccc(Br)cc1. The van der Waals surface area contributed by atoms with Crippen molar-refractivity contribution >= 4 is 44.5 Å². The Balaban J connectivity index is 1.78. The highest BCUT2D eigenvalue weighted by Crippen LogP contribution is 2.30. The van der Waals surface area contributed by atoms with Crippen molar-refractivity contribution in [2.24, 2.45) is 0 Å². The molecule has 1 amide bonds. The van der Waals surface area contributed by atoms with Crippen molar-refractivity contribution in [1.29, 1.82) is 0 Å². The van der Waals surface area contributed by atoms with Gasteiger partial charge in [-0.3, -0.25) is 4.79 Å². The first kappa shape index (κ1) is 16.4. The van der Waals surface area contributed by atoms with E-state index < -0.39 is 0 Å². The van der Waals surface area contributed by atoms with Crippen LogP contribution in [0.2, 0.25) is 0 Å². The van der Waals surface area contributed by atoms with Gasteiger partial charge < -0.3 is 4.90 Å². The van der Waals surface area contributed by atoms with E-state index in [0.29, 0.717) is 11.4 Å². The Morgan fingerprint density at radius 3 is 2.65 bits per heavy atom. The van der Waals surface area contributed by atoms with E-state index in [1.54, 1.807) is 16.2 Å². The fourth-order valence-electron chi connectivity index (χ4n) is 2.21. The summed E-state index contributed by atoms with van der Waals surface area (Å²) in [5.41, 5.74) is 2.98. The van der Waals surface area contributed by atoms with Crippen LogP contribution in [-0.4, -0.2) is 22.8 Å². The van der Waals surface area contributed by atoms with Crippen molar-refractivity contribution in [3.8, 4) is 10.6 Å². The van der Waals surface area contributed by atoms with E-state index >= 15 is 0 Å². The van der Waals surface area contributed by atoms with Gasteiger partial charge in [0.05, 0.1) is 5.69 Å². The molecule has 2 aromatic heterocycles. The van der Waals surface area contributed by atoms with E-state index in [-0.39, 0.29) is 5.91 Å². The Labute approximate surface area is 151 Å². The minimum Gasteiger partial charge on any atom is -0.337 e. The minimum absolute atomic E-state index is 0.0180. The molecule has 23 heavy (non-hydrogen) atoms. The zero-order valence-corrected chi connectivity index (χ0v) is 16.0. The van der Waals surface area contributed by atoms with E-state index in [9.17, 15) is 4.79 Å². The maximum atomic E-state index is 12.7. The number of thiophene rings is 1. The molecule has 3 rings (SSSR count). The fraction of sp³-hybridized carbons (Fsp3) is 0.176. The molecule has 0 saturated carbocycles. The third-order valence-corrected chi connectivity index (χ3v) is 5.85.